The molecule has 0 spiro atoms. The van der Waals surface area contributed by atoms with E-state index in [1.807, 2.05) is 18.0 Å². The van der Waals surface area contributed by atoms with E-state index in [0.717, 1.165) is 16.8 Å². The van der Waals surface area contributed by atoms with Gasteiger partial charge in [0.25, 0.3) is 0 Å². The fraction of sp³-hybridized carbons (Fsp3) is 0.200. The van der Waals surface area contributed by atoms with Crippen molar-refractivity contribution in [1.29, 1.82) is 0 Å². The summed E-state index contributed by atoms with van der Waals surface area (Å²) in [7, 11) is 1.83. The second kappa shape index (κ2) is 5.80. The van der Waals surface area contributed by atoms with E-state index in [1.165, 1.54) is 24.3 Å². The molecule has 2 rings (SSSR count). The highest BCUT2D eigenvalue weighted by Crippen LogP contribution is 2.19. The normalized spacial score (nSPS) is 10.5. The topological polar surface area (TPSA) is 29.3 Å². The Hall–Kier alpha value is -1.94. The first-order valence-electron chi connectivity index (χ1n) is 6.04. The predicted octanol–water partition coefficient (Wildman–Crippen LogP) is 3.06. The van der Waals surface area contributed by atoms with Crippen molar-refractivity contribution in [3.05, 3.63) is 65.2 Å². The Morgan fingerprint density at radius 3 is 2.42 bits per heavy atom. The number of nitrogens with zero attached hydrogens (tertiary/aromatic N) is 1. The Morgan fingerprint density at radius 2 is 1.74 bits per heavy atom. The van der Waals surface area contributed by atoms with Gasteiger partial charge in [0.1, 0.15) is 11.6 Å². The summed E-state index contributed by atoms with van der Waals surface area (Å²) >= 11 is 0. The molecule has 0 saturated carbocycles. The summed E-state index contributed by atoms with van der Waals surface area (Å²) in [6.45, 7) is 0.834. The third-order valence-corrected chi connectivity index (χ3v) is 3.04. The molecular formula is C15H16F2N2. The molecule has 100 valence electrons. The molecule has 0 atom stereocenters. The van der Waals surface area contributed by atoms with Gasteiger partial charge in [-0.25, -0.2) is 8.78 Å². The molecule has 2 aromatic carbocycles. The molecule has 0 aliphatic heterocycles. The van der Waals surface area contributed by atoms with Crippen molar-refractivity contribution in [2.24, 2.45) is 5.73 Å². The van der Waals surface area contributed by atoms with Gasteiger partial charge in [0, 0.05) is 25.8 Å². The zero-order valence-corrected chi connectivity index (χ0v) is 10.7. The van der Waals surface area contributed by atoms with Gasteiger partial charge in [-0.05, 0) is 41.5 Å². The number of nitrogens with two attached hydrogens (primary N) is 1. The van der Waals surface area contributed by atoms with E-state index in [2.05, 4.69) is 0 Å². The Labute approximate surface area is 111 Å². The summed E-state index contributed by atoms with van der Waals surface area (Å²) in [6, 6.07) is 10.9. The molecule has 0 radical (unpaired) electrons. The van der Waals surface area contributed by atoms with Crippen LogP contribution in [0.5, 0.6) is 0 Å². The van der Waals surface area contributed by atoms with Gasteiger partial charge in [-0.3, -0.25) is 0 Å². The summed E-state index contributed by atoms with van der Waals surface area (Å²) in [4.78, 5) is 1.86. The van der Waals surface area contributed by atoms with E-state index in [1.54, 1.807) is 12.1 Å². The molecule has 0 aliphatic carbocycles. The molecule has 0 bridgehead atoms. The maximum atomic E-state index is 13.3. The molecule has 4 heteroatoms. The third kappa shape index (κ3) is 3.29. The van der Waals surface area contributed by atoms with Crippen LogP contribution in [0.1, 0.15) is 11.1 Å². The number of hydrogen-bond acceptors (Lipinski definition) is 2. The van der Waals surface area contributed by atoms with E-state index in [4.69, 9.17) is 5.73 Å². The van der Waals surface area contributed by atoms with E-state index in [9.17, 15) is 8.78 Å². The fourth-order valence-electron chi connectivity index (χ4n) is 2.00. The smallest absolute Gasteiger partial charge is 0.125 e. The molecule has 0 fully saturated rings. The zero-order chi connectivity index (χ0) is 13.8. The largest absolute Gasteiger partial charge is 0.370 e. The average Bonchev–Trinajstić information content (AvgIpc) is 2.39. The molecule has 2 nitrogen and oxygen atoms in total. The highest BCUT2D eigenvalue weighted by Gasteiger charge is 2.08. The number of hydrogen-bond donors (Lipinski definition) is 1. The molecule has 0 aliphatic rings. The van der Waals surface area contributed by atoms with Gasteiger partial charge in [-0.15, -0.1) is 0 Å². The SMILES string of the molecule is CN(Cc1cc(F)ccc1CN)c1cccc(F)c1. The van der Waals surface area contributed by atoms with Crippen LogP contribution in [-0.2, 0) is 13.1 Å². The minimum atomic E-state index is -0.292. The number of anilines is 1. The maximum absolute atomic E-state index is 13.3. The number of halogens is 2. The second-order valence-corrected chi connectivity index (χ2v) is 4.45. The summed E-state index contributed by atoms with van der Waals surface area (Å²) in [5, 5.41) is 0. The lowest BCUT2D eigenvalue weighted by atomic mass is 10.1. The fourth-order valence-corrected chi connectivity index (χ4v) is 2.00. The summed E-state index contributed by atoms with van der Waals surface area (Å²) in [6.07, 6.45) is 0. The van der Waals surface area contributed by atoms with E-state index in [0.29, 0.717) is 13.1 Å². The zero-order valence-electron chi connectivity index (χ0n) is 10.7. The number of rotatable bonds is 4. The Bertz CT molecular complexity index is 570. The van der Waals surface area contributed by atoms with Crippen molar-refractivity contribution in [2.75, 3.05) is 11.9 Å². The van der Waals surface area contributed by atoms with Gasteiger partial charge >= 0.3 is 0 Å². The van der Waals surface area contributed by atoms with Crippen LogP contribution in [0, 0.1) is 11.6 Å². The van der Waals surface area contributed by atoms with Crippen LogP contribution in [0.25, 0.3) is 0 Å². The van der Waals surface area contributed by atoms with Gasteiger partial charge in [-0.1, -0.05) is 12.1 Å². The van der Waals surface area contributed by atoms with Crippen LogP contribution in [-0.4, -0.2) is 7.05 Å². The van der Waals surface area contributed by atoms with Crippen molar-refractivity contribution >= 4 is 5.69 Å². The van der Waals surface area contributed by atoms with E-state index in [-0.39, 0.29) is 11.6 Å². The van der Waals surface area contributed by atoms with E-state index >= 15 is 0 Å². The van der Waals surface area contributed by atoms with Crippen molar-refractivity contribution in [3.8, 4) is 0 Å². The molecule has 0 saturated heterocycles. The van der Waals surface area contributed by atoms with E-state index < -0.39 is 0 Å². The molecule has 2 N–H and O–H groups in total. The van der Waals surface area contributed by atoms with Crippen molar-refractivity contribution in [1.82, 2.24) is 0 Å². The van der Waals surface area contributed by atoms with Gasteiger partial charge in [-0.2, -0.15) is 0 Å². The Balaban J connectivity index is 2.23. The third-order valence-electron chi connectivity index (χ3n) is 3.04. The van der Waals surface area contributed by atoms with Gasteiger partial charge in [0.2, 0.25) is 0 Å². The lowest BCUT2D eigenvalue weighted by Crippen LogP contribution is -2.18. The van der Waals surface area contributed by atoms with Gasteiger partial charge in [0.15, 0.2) is 0 Å². The predicted molar refractivity (Wildman–Crippen MR) is 72.8 cm³/mol. The molecule has 0 heterocycles. The highest BCUT2D eigenvalue weighted by atomic mass is 19.1. The van der Waals surface area contributed by atoms with Crippen molar-refractivity contribution in [3.63, 3.8) is 0 Å². The lowest BCUT2D eigenvalue weighted by Gasteiger charge is -2.21. The Kier molecular flexibility index (Phi) is 4.12. The summed E-state index contributed by atoms with van der Waals surface area (Å²) in [5.41, 5.74) is 8.09. The van der Waals surface area contributed by atoms with Crippen molar-refractivity contribution < 1.29 is 8.78 Å². The first kappa shape index (κ1) is 13.5. The van der Waals surface area contributed by atoms with Crippen LogP contribution in [0.15, 0.2) is 42.5 Å². The second-order valence-electron chi connectivity index (χ2n) is 4.45. The number of benzene rings is 2. The van der Waals surface area contributed by atoms with Gasteiger partial charge in [0.05, 0.1) is 0 Å². The Morgan fingerprint density at radius 1 is 1.00 bits per heavy atom. The average molecular weight is 262 g/mol. The summed E-state index contributed by atoms with van der Waals surface area (Å²) < 4.78 is 26.5. The first-order valence-corrected chi connectivity index (χ1v) is 6.04. The minimum absolute atomic E-state index is 0.289. The highest BCUT2D eigenvalue weighted by molar-refractivity contribution is 5.47. The van der Waals surface area contributed by atoms with Crippen molar-refractivity contribution in [2.45, 2.75) is 13.1 Å². The summed E-state index contributed by atoms with van der Waals surface area (Å²) in [5.74, 6) is -0.581. The molecule has 0 unspecified atom stereocenters. The standard InChI is InChI=1S/C15H16F2N2/c1-19(15-4-2-3-13(16)8-15)10-12-7-14(17)6-5-11(12)9-18/h2-8H,9-10,18H2,1H3. The van der Waals surface area contributed by atoms with Crippen LogP contribution >= 0.6 is 0 Å². The van der Waals surface area contributed by atoms with Crippen LogP contribution in [0.3, 0.4) is 0 Å². The monoisotopic (exact) mass is 262 g/mol. The van der Waals surface area contributed by atoms with Crippen LogP contribution < -0.4 is 10.6 Å². The molecular weight excluding hydrogens is 246 g/mol. The molecule has 0 amide bonds. The minimum Gasteiger partial charge on any atom is -0.370 e. The van der Waals surface area contributed by atoms with Crippen LogP contribution in [0.2, 0.25) is 0 Å². The quantitative estimate of drug-likeness (QED) is 0.917. The molecule has 2 aromatic rings. The molecule has 19 heavy (non-hydrogen) atoms. The van der Waals surface area contributed by atoms with Crippen LogP contribution in [0.4, 0.5) is 14.5 Å². The lowest BCUT2D eigenvalue weighted by molar-refractivity contribution is 0.622. The molecule has 0 aromatic heterocycles. The first-order chi connectivity index (χ1) is 9.10. The van der Waals surface area contributed by atoms with Gasteiger partial charge < -0.3 is 10.6 Å². The maximum Gasteiger partial charge on any atom is 0.125 e.